The molecule has 0 atom stereocenters. The van der Waals surface area contributed by atoms with Crippen molar-refractivity contribution in [3.63, 3.8) is 0 Å². The predicted molar refractivity (Wildman–Crippen MR) is 66.4 cm³/mol. The van der Waals surface area contributed by atoms with E-state index in [9.17, 15) is 4.39 Å². The first-order chi connectivity index (χ1) is 7.79. The van der Waals surface area contributed by atoms with Gasteiger partial charge in [0.25, 0.3) is 0 Å². The van der Waals surface area contributed by atoms with Gasteiger partial charge < -0.3 is 10.5 Å². The predicted octanol–water partition coefficient (Wildman–Crippen LogP) is 2.46. The summed E-state index contributed by atoms with van der Waals surface area (Å²) in [7, 11) is 1.67. The lowest BCUT2D eigenvalue weighted by Gasteiger charge is -2.09. The highest BCUT2D eigenvalue weighted by Gasteiger charge is 2.07. The van der Waals surface area contributed by atoms with Crippen LogP contribution in [0.3, 0.4) is 0 Å². The van der Waals surface area contributed by atoms with Crippen LogP contribution in [0.25, 0.3) is 0 Å². The topological polar surface area (TPSA) is 35.2 Å². The van der Waals surface area contributed by atoms with Gasteiger partial charge >= 0.3 is 0 Å². The van der Waals surface area contributed by atoms with Gasteiger partial charge in [0.05, 0.1) is 0 Å². The number of methoxy groups -OCH3 is 1. The Morgan fingerprint density at radius 3 is 2.94 bits per heavy atom. The maximum atomic E-state index is 13.6. The van der Waals surface area contributed by atoms with Gasteiger partial charge in [-0.2, -0.15) is 0 Å². The number of ether oxygens (including phenoxy) is 1. The van der Waals surface area contributed by atoms with Crippen LogP contribution < -0.4 is 5.73 Å². The molecule has 0 aliphatic carbocycles. The van der Waals surface area contributed by atoms with Crippen LogP contribution in [0.15, 0.2) is 23.1 Å². The standard InChI is InChI=1S/C12H18FNOS/c1-15-8-3-9-16-12-10(6-7-14)4-2-5-11(12)13/h2,4-5H,3,6-9,14H2,1H3. The molecule has 90 valence electrons. The zero-order valence-electron chi connectivity index (χ0n) is 9.54. The Balaban J connectivity index is 2.61. The van der Waals surface area contributed by atoms with E-state index < -0.39 is 0 Å². The highest BCUT2D eigenvalue weighted by Crippen LogP contribution is 2.26. The molecule has 0 amide bonds. The molecule has 0 bridgehead atoms. The Hall–Kier alpha value is -0.580. The second-order valence-corrected chi connectivity index (χ2v) is 4.57. The summed E-state index contributed by atoms with van der Waals surface area (Å²) in [6, 6.07) is 5.17. The largest absolute Gasteiger partial charge is 0.385 e. The van der Waals surface area contributed by atoms with Gasteiger partial charge in [0, 0.05) is 24.4 Å². The molecule has 2 N–H and O–H groups in total. The van der Waals surface area contributed by atoms with Crippen molar-refractivity contribution >= 4 is 11.8 Å². The molecule has 1 rings (SSSR count). The van der Waals surface area contributed by atoms with Crippen LogP contribution in [0.2, 0.25) is 0 Å². The number of halogens is 1. The number of hydrogen-bond acceptors (Lipinski definition) is 3. The number of benzene rings is 1. The van der Waals surface area contributed by atoms with Crippen LogP contribution in [-0.4, -0.2) is 26.0 Å². The maximum Gasteiger partial charge on any atom is 0.137 e. The van der Waals surface area contributed by atoms with Gasteiger partial charge in [-0.25, -0.2) is 4.39 Å². The van der Waals surface area contributed by atoms with E-state index in [1.54, 1.807) is 24.9 Å². The number of rotatable bonds is 7. The summed E-state index contributed by atoms with van der Waals surface area (Å²) in [5.41, 5.74) is 6.51. The molecule has 0 aliphatic heterocycles. The van der Waals surface area contributed by atoms with Crippen molar-refractivity contribution in [2.75, 3.05) is 26.0 Å². The average molecular weight is 243 g/mol. The summed E-state index contributed by atoms with van der Waals surface area (Å²) in [6.45, 7) is 1.27. The molecule has 4 heteroatoms. The summed E-state index contributed by atoms with van der Waals surface area (Å²) < 4.78 is 18.6. The normalized spacial score (nSPS) is 10.7. The van der Waals surface area contributed by atoms with Gasteiger partial charge in [-0.05, 0) is 31.0 Å². The van der Waals surface area contributed by atoms with Gasteiger partial charge in [-0.1, -0.05) is 12.1 Å². The van der Waals surface area contributed by atoms with E-state index in [2.05, 4.69) is 0 Å². The van der Waals surface area contributed by atoms with E-state index in [0.29, 0.717) is 13.2 Å². The molecule has 0 radical (unpaired) electrons. The van der Waals surface area contributed by atoms with Crippen LogP contribution >= 0.6 is 11.8 Å². The van der Waals surface area contributed by atoms with Crippen LogP contribution in [0.4, 0.5) is 4.39 Å². The third kappa shape index (κ3) is 4.12. The molecule has 16 heavy (non-hydrogen) atoms. The van der Waals surface area contributed by atoms with Crippen molar-refractivity contribution in [1.29, 1.82) is 0 Å². The van der Waals surface area contributed by atoms with E-state index in [-0.39, 0.29) is 5.82 Å². The lowest BCUT2D eigenvalue weighted by atomic mass is 10.1. The molecule has 0 spiro atoms. The Morgan fingerprint density at radius 1 is 1.44 bits per heavy atom. The van der Waals surface area contributed by atoms with Crippen LogP contribution in [0, 0.1) is 5.82 Å². The third-order valence-electron chi connectivity index (χ3n) is 2.20. The fourth-order valence-corrected chi connectivity index (χ4v) is 2.47. The second kappa shape index (κ2) is 7.65. The molecular formula is C12H18FNOS. The Labute approximate surface area is 100 Å². The minimum absolute atomic E-state index is 0.145. The van der Waals surface area contributed by atoms with Gasteiger partial charge in [-0.15, -0.1) is 11.8 Å². The molecule has 1 aromatic rings. The minimum Gasteiger partial charge on any atom is -0.385 e. The summed E-state index contributed by atoms with van der Waals surface area (Å²) in [6.07, 6.45) is 1.65. The highest BCUT2D eigenvalue weighted by atomic mass is 32.2. The van der Waals surface area contributed by atoms with Crippen molar-refractivity contribution in [3.8, 4) is 0 Å². The molecule has 2 nitrogen and oxygen atoms in total. The molecule has 0 aliphatic rings. The summed E-state index contributed by atoms with van der Waals surface area (Å²) >= 11 is 1.54. The van der Waals surface area contributed by atoms with E-state index in [4.69, 9.17) is 10.5 Å². The first-order valence-electron chi connectivity index (χ1n) is 5.38. The van der Waals surface area contributed by atoms with Crippen LogP contribution in [0.5, 0.6) is 0 Å². The number of thioether (sulfide) groups is 1. The molecule has 0 unspecified atom stereocenters. The molecule has 0 aromatic heterocycles. The Morgan fingerprint density at radius 2 is 2.25 bits per heavy atom. The van der Waals surface area contributed by atoms with Crippen LogP contribution in [-0.2, 0) is 11.2 Å². The SMILES string of the molecule is COCCCSc1c(F)cccc1CCN. The summed E-state index contributed by atoms with van der Waals surface area (Å²) in [4.78, 5) is 0.740. The third-order valence-corrected chi connectivity index (χ3v) is 3.44. The maximum absolute atomic E-state index is 13.6. The van der Waals surface area contributed by atoms with E-state index >= 15 is 0 Å². The van der Waals surface area contributed by atoms with Crippen molar-refractivity contribution in [3.05, 3.63) is 29.6 Å². The molecule has 1 aromatic carbocycles. The lowest BCUT2D eigenvalue weighted by molar-refractivity contribution is 0.200. The smallest absolute Gasteiger partial charge is 0.137 e. The van der Waals surface area contributed by atoms with Gasteiger partial charge in [0.1, 0.15) is 5.82 Å². The molecule has 0 heterocycles. The van der Waals surface area contributed by atoms with Crippen molar-refractivity contribution in [1.82, 2.24) is 0 Å². The first kappa shape index (κ1) is 13.5. The van der Waals surface area contributed by atoms with E-state index in [1.165, 1.54) is 6.07 Å². The molecule has 0 saturated heterocycles. The fraction of sp³-hybridized carbons (Fsp3) is 0.500. The second-order valence-electron chi connectivity index (χ2n) is 3.46. The molecule has 0 saturated carbocycles. The summed E-state index contributed by atoms with van der Waals surface area (Å²) in [5, 5.41) is 0. The molecular weight excluding hydrogens is 225 g/mol. The highest BCUT2D eigenvalue weighted by molar-refractivity contribution is 7.99. The van der Waals surface area contributed by atoms with Gasteiger partial charge in [0.2, 0.25) is 0 Å². The van der Waals surface area contributed by atoms with E-state index in [1.807, 2.05) is 6.07 Å². The zero-order chi connectivity index (χ0) is 11.8. The van der Waals surface area contributed by atoms with Gasteiger partial charge in [0.15, 0.2) is 0 Å². The monoisotopic (exact) mass is 243 g/mol. The number of hydrogen-bond donors (Lipinski definition) is 1. The van der Waals surface area contributed by atoms with Crippen molar-refractivity contribution < 1.29 is 9.13 Å². The lowest BCUT2D eigenvalue weighted by Crippen LogP contribution is -2.04. The van der Waals surface area contributed by atoms with Crippen LogP contribution in [0.1, 0.15) is 12.0 Å². The summed E-state index contributed by atoms with van der Waals surface area (Å²) in [5.74, 6) is 0.722. The fourth-order valence-electron chi connectivity index (χ4n) is 1.45. The molecule has 0 fully saturated rings. The Kier molecular flexibility index (Phi) is 6.45. The average Bonchev–Trinajstić information content (AvgIpc) is 2.28. The van der Waals surface area contributed by atoms with Gasteiger partial charge in [-0.3, -0.25) is 0 Å². The minimum atomic E-state index is -0.145. The van der Waals surface area contributed by atoms with Crippen molar-refractivity contribution in [2.45, 2.75) is 17.7 Å². The Bertz CT molecular complexity index is 320. The van der Waals surface area contributed by atoms with Crippen molar-refractivity contribution in [2.24, 2.45) is 5.73 Å². The number of nitrogens with two attached hydrogens (primary N) is 1. The van der Waals surface area contributed by atoms with E-state index in [0.717, 1.165) is 29.1 Å². The quantitative estimate of drug-likeness (QED) is 0.590. The zero-order valence-corrected chi connectivity index (χ0v) is 10.4. The first-order valence-corrected chi connectivity index (χ1v) is 6.37.